The van der Waals surface area contributed by atoms with Gasteiger partial charge in [-0.15, -0.1) is 0 Å². The van der Waals surface area contributed by atoms with Gasteiger partial charge in [-0.3, -0.25) is 4.90 Å². The maximum absolute atomic E-state index is 11.9. The second-order valence-electron chi connectivity index (χ2n) is 7.93. The van der Waals surface area contributed by atoms with Crippen LogP contribution in [0, 0.1) is 5.41 Å². The van der Waals surface area contributed by atoms with Crippen LogP contribution in [0.25, 0.3) is 0 Å². The summed E-state index contributed by atoms with van der Waals surface area (Å²) < 4.78 is 6.35. The molecule has 0 aromatic heterocycles. The molecule has 0 radical (unpaired) electrons. The zero-order valence-electron chi connectivity index (χ0n) is 15.5. The normalized spacial score (nSPS) is 30.1. The number of carboxylic acid groups (broad SMARTS) is 1. The largest absolute Gasteiger partial charge is 0.472 e. The highest BCUT2D eigenvalue weighted by molar-refractivity contribution is 5.65. The predicted molar refractivity (Wildman–Crippen MR) is 98.2 cm³/mol. The van der Waals surface area contributed by atoms with Crippen LogP contribution < -0.4 is 0 Å². The lowest BCUT2D eigenvalue weighted by Gasteiger charge is -2.42. The number of hydrogen-bond donors (Lipinski definition) is 3. The Morgan fingerprint density at radius 1 is 1.41 bits per heavy atom. The molecule has 148 valence electrons. The molecule has 7 nitrogen and oxygen atoms in total. The molecule has 0 bridgehead atoms. The standard InChI is InChI=1S/C20H28N2O5/c23-13-15(24)7-10-22(19(25)26)17-11-20-8-3-1-5-14(20)12-21-9-4-2-6-16(21)18(20)27-17/h4,9,12,15,17,23-24H,1-3,5-8,10-11,13H2,(H,25,26). The Labute approximate surface area is 159 Å². The van der Waals surface area contributed by atoms with Crippen LogP contribution in [0.1, 0.15) is 51.4 Å². The fraction of sp³-hybridized carbons (Fsp3) is 0.650. The van der Waals surface area contributed by atoms with Crippen molar-refractivity contribution >= 4 is 6.09 Å². The van der Waals surface area contributed by atoms with Crippen LogP contribution in [-0.4, -0.2) is 56.7 Å². The van der Waals surface area contributed by atoms with Crippen molar-refractivity contribution in [2.45, 2.75) is 63.7 Å². The molecule has 27 heavy (non-hydrogen) atoms. The Morgan fingerprint density at radius 3 is 3.04 bits per heavy atom. The third-order valence-corrected chi connectivity index (χ3v) is 6.32. The fourth-order valence-corrected chi connectivity index (χ4v) is 4.91. The molecule has 1 saturated heterocycles. The molecule has 0 aromatic carbocycles. The number of hydrogen-bond acceptors (Lipinski definition) is 5. The summed E-state index contributed by atoms with van der Waals surface area (Å²) in [7, 11) is 0. The van der Waals surface area contributed by atoms with Crippen LogP contribution in [0.2, 0.25) is 0 Å². The number of rotatable bonds is 5. The van der Waals surface area contributed by atoms with Crippen LogP contribution in [-0.2, 0) is 4.74 Å². The maximum Gasteiger partial charge on any atom is 0.410 e. The molecule has 3 N–H and O–H groups in total. The Balaban J connectivity index is 1.64. The monoisotopic (exact) mass is 376 g/mol. The van der Waals surface area contributed by atoms with E-state index in [2.05, 4.69) is 23.4 Å². The van der Waals surface area contributed by atoms with Crippen molar-refractivity contribution in [3.8, 4) is 0 Å². The molecule has 4 aliphatic rings. The van der Waals surface area contributed by atoms with Gasteiger partial charge in [0.05, 0.1) is 23.8 Å². The van der Waals surface area contributed by atoms with Crippen LogP contribution in [0.5, 0.6) is 0 Å². The zero-order chi connectivity index (χ0) is 19.0. The van der Waals surface area contributed by atoms with Gasteiger partial charge in [0.15, 0.2) is 6.23 Å². The molecule has 7 heteroatoms. The summed E-state index contributed by atoms with van der Waals surface area (Å²) >= 11 is 0. The van der Waals surface area contributed by atoms with Gasteiger partial charge in [0.25, 0.3) is 0 Å². The molecule has 1 spiro atoms. The summed E-state index contributed by atoms with van der Waals surface area (Å²) in [5.74, 6) is 0.961. The molecular formula is C20H28N2O5. The van der Waals surface area contributed by atoms with Gasteiger partial charge in [0.2, 0.25) is 0 Å². The number of carbonyl (C=O) groups is 1. The van der Waals surface area contributed by atoms with Gasteiger partial charge in [-0.2, -0.15) is 0 Å². The average Bonchev–Trinajstić information content (AvgIpc) is 3.05. The quantitative estimate of drug-likeness (QED) is 0.683. The van der Waals surface area contributed by atoms with Gasteiger partial charge in [-0.25, -0.2) is 4.79 Å². The topological polar surface area (TPSA) is 93.5 Å². The lowest BCUT2D eigenvalue weighted by molar-refractivity contribution is 0.000000926. The number of allylic oxidation sites excluding steroid dienone is 3. The molecule has 1 aliphatic carbocycles. The number of ether oxygens (including phenoxy) is 1. The molecular weight excluding hydrogens is 348 g/mol. The predicted octanol–water partition coefficient (Wildman–Crippen LogP) is 2.74. The van der Waals surface area contributed by atoms with Gasteiger partial charge in [0, 0.05) is 25.4 Å². The van der Waals surface area contributed by atoms with Crippen molar-refractivity contribution in [1.29, 1.82) is 0 Å². The highest BCUT2D eigenvalue weighted by Gasteiger charge is 2.54. The van der Waals surface area contributed by atoms with E-state index in [1.807, 2.05) is 0 Å². The van der Waals surface area contributed by atoms with Crippen molar-refractivity contribution in [3.05, 3.63) is 35.5 Å². The van der Waals surface area contributed by atoms with E-state index in [0.717, 1.165) is 50.0 Å². The first-order valence-electron chi connectivity index (χ1n) is 9.90. The number of amides is 1. The summed E-state index contributed by atoms with van der Waals surface area (Å²) in [6.07, 6.45) is 11.0. The second-order valence-corrected chi connectivity index (χ2v) is 7.93. The van der Waals surface area contributed by atoms with E-state index in [1.54, 1.807) is 0 Å². The number of aliphatic hydroxyl groups is 2. The molecule has 1 saturated carbocycles. The lowest BCUT2D eigenvalue weighted by atomic mass is 9.66. The van der Waals surface area contributed by atoms with Crippen molar-refractivity contribution in [3.63, 3.8) is 0 Å². The Morgan fingerprint density at radius 2 is 2.26 bits per heavy atom. The summed E-state index contributed by atoms with van der Waals surface area (Å²) in [6.45, 7) is -0.227. The van der Waals surface area contributed by atoms with E-state index in [0.29, 0.717) is 6.42 Å². The maximum atomic E-state index is 11.9. The van der Waals surface area contributed by atoms with Crippen molar-refractivity contribution in [1.82, 2.24) is 9.80 Å². The third-order valence-electron chi connectivity index (χ3n) is 6.32. The highest BCUT2D eigenvalue weighted by atomic mass is 16.5. The first-order chi connectivity index (χ1) is 13.0. The minimum absolute atomic E-state index is 0.142. The van der Waals surface area contributed by atoms with Gasteiger partial charge in [-0.05, 0) is 44.1 Å². The highest BCUT2D eigenvalue weighted by Crippen LogP contribution is 2.59. The average molecular weight is 376 g/mol. The van der Waals surface area contributed by atoms with Crippen LogP contribution in [0.3, 0.4) is 0 Å². The summed E-state index contributed by atoms with van der Waals surface area (Å²) in [5.41, 5.74) is 2.33. The van der Waals surface area contributed by atoms with Crippen LogP contribution >= 0.6 is 0 Å². The van der Waals surface area contributed by atoms with E-state index in [-0.39, 0.29) is 25.0 Å². The number of fused-ring (bicyclic) bond motifs is 1. The van der Waals surface area contributed by atoms with Crippen molar-refractivity contribution in [2.75, 3.05) is 13.2 Å². The Hall–Kier alpha value is -1.99. The molecule has 2 fully saturated rings. The van der Waals surface area contributed by atoms with Gasteiger partial charge in [0.1, 0.15) is 5.76 Å². The molecule has 1 amide bonds. The number of nitrogens with zero attached hydrogens (tertiary/aromatic N) is 2. The summed E-state index contributed by atoms with van der Waals surface area (Å²) in [5, 5.41) is 28.4. The van der Waals surface area contributed by atoms with E-state index in [9.17, 15) is 15.0 Å². The van der Waals surface area contributed by atoms with Gasteiger partial charge < -0.3 is 25.0 Å². The van der Waals surface area contributed by atoms with E-state index in [4.69, 9.17) is 9.84 Å². The first-order valence-corrected chi connectivity index (χ1v) is 9.90. The molecule has 0 aromatic rings. The lowest BCUT2D eigenvalue weighted by Crippen LogP contribution is -2.41. The Kier molecular flexibility index (Phi) is 4.90. The van der Waals surface area contributed by atoms with Crippen molar-refractivity contribution in [2.24, 2.45) is 5.41 Å². The minimum Gasteiger partial charge on any atom is -0.472 e. The second kappa shape index (κ2) is 7.20. The van der Waals surface area contributed by atoms with Crippen LogP contribution in [0.4, 0.5) is 4.79 Å². The van der Waals surface area contributed by atoms with E-state index < -0.39 is 18.4 Å². The molecule has 3 unspecified atom stereocenters. The van der Waals surface area contributed by atoms with Gasteiger partial charge >= 0.3 is 6.09 Å². The molecule has 4 rings (SSSR count). The number of aliphatic hydroxyl groups excluding tert-OH is 2. The molecule has 3 atom stereocenters. The Bertz CT molecular complexity index is 700. The third kappa shape index (κ3) is 3.12. The minimum atomic E-state index is -1.05. The van der Waals surface area contributed by atoms with Crippen molar-refractivity contribution < 1.29 is 24.9 Å². The smallest absolute Gasteiger partial charge is 0.410 e. The zero-order valence-corrected chi connectivity index (χ0v) is 15.5. The first kappa shape index (κ1) is 18.4. The summed E-state index contributed by atoms with van der Waals surface area (Å²) in [4.78, 5) is 15.3. The SMILES string of the molecule is O=C(O)N(CCC(O)CO)C1CC23CCCCC2=CN2C=CCCC2=C3O1. The van der Waals surface area contributed by atoms with E-state index >= 15 is 0 Å². The molecule has 3 heterocycles. The summed E-state index contributed by atoms with van der Waals surface area (Å²) in [6, 6.07) is 0. The molecule has 3 aliphatic heterocycles. The van der Waals surface area contributed by atoms with E-state index in [1.165, 1.54) is 10.5 Å². The van der Waals surface area contributed by atoms with Gasteiger partial charge in [-0.1, -0.05) is 12.5 Å². The van der Waals surface area contributed by atoms with Crippen LogP contribution in [0.15, 0.2) is 35.5 Å². The fourth-order valence-electron chi connectivity index (χ4n) is 4.91.